The number of benzene rings is 2. The molecule has 2 aromatic rings. The number of amidine groups is 1. The number of amides is 1. The zero-order valence-corrected chi connectivity index (χ0v) is 20.0. The Balaban J connectivity index is 1.77. The Morgan fingerprint density at radius 2 is 2.00 bits per heavy atom. The van der Waals surface area contributed by atoms with Crippen molar-refractivity contribution in [3.63, 3.8) is 0 Å². The highest BCUT2D eigenvalue weighted by atomic mass is 32.2. The highest BCUT2D eigenvalue weighted by molar-refractivity contribution is 8.18. The van der Waals surface area contributed by atoms with Gasteiger partial charge in [0.2, 0.25) is 5.75 Å². The number of aliphatic imine (C=N–C) groups is 1. The molecule has 1 amide bonds. The maximum absolute atomic E-state index is 13.5. The lowest BCUT2D eigenvalue weighted by Gasteiger charge is -2.30. The summed E-state index contributed by atoms with van der Waals surface area (Å²) >= 11 is 1.28. The molecule has 0 aromatic heterocycles. The van der Waals surface area contributed by atoms with E-state index < -0.39 is 16.4 Å². The lowest BCUT2D eigenvalue weighted by Crippen LogP contribution is -2.40. The number of phenols is 1. The van der Waals surface area contributed by atoms with E-state index in [1.165, 1.54) is 31.0 Å². The van der Waals surface area contributed by atoms with Crippen LogP contribution in [0.1, 0.15) is 50.2 Å². The van der Waals surface area contributed by atoms with Gasteiger partial charge in [0.15, 0.2) is 10.9 Å². The second-order valence-corrected chi connectivity index (χ2v) is 9.31. The summed E-state index contributed by atoms with van der Waals surface area (Å²) in [6, 6.07) is 10.7. The summed E-state index contributed by atoms with van der Waals surface area (Å²) in [5.74, 6) is -0.715. The number of phenolic OH excluding ortho intramolecular Hbond substituents is 1. The van der Waals surface area contributed by atoms with Crippen molar-refractivity contribution in [2.45, 2.75) is 51.5 Å². The first-order valence-electron chi connectivity index (χ1n) is 11.4. The molecular formula is C25H27N3O5S. The number of aromatic hydroxyl groups is 1. The number of para-hydroxylation sites is 1. The second-order valence-electron chi connectivity index (χ2n) is 8.30. The van der Waals surface area contributed by atoms with Gasteiger partial charge in [-0.15, -0.1) is 0 Å². The minimum absolute atomic E-state index is 0.0219. The lowest BCUT2D eigenvalue weighted by molar-refractivity contribution is -0.386. The molecule has 4 rings (SSSR count). The highest BCUT2D eigenvalue weighted by Crippen LogP contribution is 2.41. The summed E-state index contributed by atoms with van der Waals surface area (Å²) in [4.78, 5) is 31.4. The Labute approximate surface area is 202 Å². The van der Waals surface area contributed by atoms with Gasteiger partial charge < -0.3 is 9.84 Å². The number of nitrogens with zero attached hydrogens (tertiary/aromatic N) is 3. The number of methoxy groups -OCH3 is 1. The molecule has 0 atom stereocenters. The van der Waals surface area contributed by atoms with E-state index in [1.54, 1.807) is 11.0 Å². The highest BCUT2D eigenvalue weighted by Gasteiger charge is 2.39. The van der Waals surface area contributed by atoms with Crippen LogP contribution < -0.4 is 4.74 Å². The summed E-state index contributed by atoms with van der Waals surface area (Å²) in [7, 11) is 1.33. The molecule has 0 unspecified atom stereocenters. The van der Waals surface area contributed by atoms with Crippen LogP contribution in [-0.4, -0.2) is 39.2 Å². The largest absolute Gasteiger partial charge is 0.500 e. The van der Waals surface area contributed by atoms with Gasteiger partial charge in [-0.3, -0.25) is 19.8 Å². The minimum Gasteiger partial charge on any atom is -0.500 e. The monoisotopic (exact) mass is 481 g/mol. The molecule has 2 fully saturated rings. The van der Waals surface area contributed by atoms with E-state index in [2.05, 4.69) is 6.92 Å². The molecule has 2 aromatic carbocycles. The van der Waals surface area contributed by atoms with E-state index in [9.17, 15) is 20.0 Å². The Morgan fingerprint density at radius 1 is 1.26 bits per heavy atom. The Morgan fingerprint density at radius 3 is 2.68 bits per heavy atom. The third kappa shape index (κ3) is 4.79. The molecular weight excluding hydrogens is 454 g/mol. The SMILES string of the molecule is CCc1ccccc1N=C1S/C(=C/c2cc(OC)c(O)c([N+](=O)[O-])c2)C(=O)N1C1CCCCC1. The zero-order chi connectivity index (χ0) is 24.2. The predicted molar refractivity (Wildman–Crippen MR) is 134 cm³/mol. The van der Waals surface area contributed by atoms with Gasteiger partial charge in [-0.2, -0.15) is 0 Å². The lowest BCUT2D eigenvalue weighted by atomic mass is 9.94. The van der Waals surface area contributed by atoms with Crippen LogP contribution in [0.5, 0.6) is 11.5 Å². The molecule has 0 bridgehead atoms. The second kappa shape index (κ2) is 10.3. The number of nitro groups is 1. The fourth-order valence-corrected chi connectivity index (χ4v) is 5.44. The van der Waals surface area contributed by atoms with Crippen molar-refractivity contribution < 1.29 is 19.6 Å². The number of rotatable bonds is 6. The van der Waals surface area contributed by atoms with Crippen molar-refractivity contribution in [2.24, 2.45) is 4.99 Å². The maximum atomic E-state index is 13.5. The molecule has 0 spiro atoms. The summed E-state index contributed by atoms with van der Waals surface area (Å²) < 4.78 is 5.10. The molecule has 1 aliphatic heterocycles. The van der Waals surface area contributed by atoms with Crippen LogP contribution in [-0.2, 0) is 11.2 Å². The molecule has 1 saturated heterocycles. The van der Waals surface area contributed by atoms with Gasteiger partial charge in [0, 0.05) is 12.1 Å². The van der Waals surface area contributed by atoms with Crippen LogP contribution in [0.2, 0.25) is 0 Å². The van der Waals surface area contributed by atoms with Crippen LogP contribution in [0.3, 0.4) is 0 Å². The fourth-order valence-electron chi connectivity index (χ4n) is 4.39. The summed E-state index contributed by atoms with van der Waals surface area (Å²) in [6.45, 7) is 2.07. The van der Waals surface area contributed by atoms with Crippen molar-refractivity contribution in [1.82, 2.24) is 4.90 Å². The van der Waals surface area contributed by atoms with E-state index in [1.807, 2.05) is 24.3 Å². The molecule has 8 nitrogen and oxygen atoms in total. The Hall–Kier alpha value is -3.33. The number of hydrogen-bond acceptors (Lipinski definition) is 7. The molecule has 2 aliphatic rings. The molecule has 1 N–H and O–H groups in total. The first kappa shape index (κ1) is 23.8. The standard InChI is InChI=1S/C25H27N3O5S/c1-3-17-9-7-8-12-19(17)26-25-27(18-10-5-4-6-11-18)24(30)22(34-25)15-16-13-20(28(31)32)23(29)21(14-16)33-2/h7-9,12-15,18,29H,3-6,10-11H2,1-2H3/b22-15+,26-25?. The first-order chi connectivity index (χ1) is 16.4. The van der Waals surface area contributed by atoms with Crippen molar-refractivity contribution >= 4 is 40.3 Å². The smallest absolute Gasteiger partial charge is 0.315 e. The van der Waals surface area contributed by atoms with Crippen LogP contribution in [0, 0.1) is 10.1 Å². The number of nitro benzene ring substituents is 1. The average molecular weight is 482 g/mol. The minimum atomic E-state index is -0.674. The van der Waals surface area contributed by atoms with E-state index in [4.69, 9.17) is 9.73 Å². The molecule has 1 aliphatic carbocycles. The normalized spacial score (nSPS) is 19.2. The van der Waals surface area contributed by atoms with Crippen LogP contribution in [0.25, 0.3) is 6.08 Å². The fraction of sp³-hybridized carbons (Fsp3) is 0.360. The van der Waals surface area contributed by atoms with Crippen molar-refractivity contribution in [3.05, 3.63) is 62.5 Å². The van der Waals surface area contributed by atoms with Crippen molar-refractivity contribution in [3.8, 4) is 11.5 Å². The molecule has 178 valence electrons. The van der Waals surface area contributed by atoms with Gasteiger partial charge >= 0.3 is 5.69 Å². The third-order valence-electron chi connectivity index (χ3n) is 6.16. The Bertz CT molecular complexity index is 1170. The van der Waals surface area contributed by atoms with Crippen molar-refractivity contribution in [1.29, 1.82) is 0 Å². The van der Waals surface area contributed by atoms with Crippen LogP contribution in [0.15, 0.2) is 46.3 Å². The number of thioether (sulfide) groups is 1. The van der Waals surface area contributed by atoms with Gasteiger partial charge in [0.1, 0.15) is 0 Å². The molecule has 9 heteroatoms. The van der Waals surface area contributed by atoms with E-state index in [-0.39, 0.29) is 17.7 Å². The zero-order valence-electron chi connectivity index (χ0n) is 19.2. The number of hydrogen-bond donors (Lipinski definition) is 1. The third-order valence-corrected chi connectivity index (χ3v) is 7.14. The maximum Gasteiger partial charge on any atom is 0.315 e. The predicted octanol–water partition coefficient (Wildman–Crippen LogP) is 5.81. The van der Waals surface area contributed by atoms with Crippen LogP contribution >= 0.6 is 11.8 Å². The number of aryl methyl sites for hydroxylation is 1. The van der Waals surface area contributed by atoms with Gasteiger partial charge in [-0.25, -0.2) is 4.99 Å². The van der Waals surface area contributed by atoms with Gasteiger partial charge in [-0.1, -0.05) is 44.4 Å². The number of carbonyl (C=O) groups is 1. The van der Waals surface area contributed by atoms with Crippen molar-refractivity contribution in [2.75, 3.05) is 7.11 Å². The number of carbonyl (C=O) groups excluding carboxylic acids is 1. The van der Waals surface area contributed by atoms with Gasteiger partial charge in [0.05, 0.1) is 22.6 Å². The summed E-state index contributed by atoms with van der Waals surface area (Å²) in [5, 5.41) is 22.1. The topological polar surface area (TPSA) is 105 Å². The average Bonchev–Trinajstić information content (AvgIpc) is 3.14. The molecule has 1 heterocycles. The van der Waals surface area contributed by atoms with Gasteiger partial charge in [0.25, 0.3) is 5.91 Å². The quantitative estimate of drug-likeness (QED) is 0.317. The molecule has 34 heavy (non-hydrogen) atoms. The van der Waals surface area contributed by atoms with E-state index >= 15 is 0 Å². The van der Waals surface area contributed by atoms with E-state index in [0.29, 0.717) is 15.6 Å². The molecule has 0 radical (unpaired) electrons. The first-order valence-corrected chi connectivity index (χ1v) is 12.2. The summed E-state index contributed by atoms with van der Waals surface area (Å²) in [6.07, 6.45) is 7.58. The molecule has 1 saturated carbocycles. The Kier molecular flexibility index (Phi) is 7.21. The number of ether oxygens (including phenoxy) is 1. The summed E-state index contributed by atoms with van der Waals surface area (Å²) in [5.41, 5.74) is 1.86. The van der Waals surface area contributed by atoms with Crippen LogP contribution in [0.4, 0.5) is 11.4 Å². The van der Waals surface area contributed by atoms with E-state index in [0.717, 1.165) is 49.8 Å². The van der Waals surface area contributed by atoms with Gasteiger partial charge in [-0.05, 0) is 60.4 Å².